The van der Waals surface area contributed by atoms with Crippen molar-refractivity contribution in [1.82, 2.24) is 5.32 Å². The first-order valence-corrected chi connectivity index (χ1v) is 7.35. The number of rotatable bonds is 7. The van der Waals surface area contributed by atoms with E-state index in [1.165, 1.54) is 0 Å². The summed E-state index contributed by atoms with van der Waals surface area (Å²) in [7, 11) is 0. The molecule has 0 heterocycles. The number of hydrogen-bond acceptors (Lipinski definition) is 3. The number of benzene rings is 1. The van der Waals surface area contributed by atoms with Crippen molar-refractivity contribution >= 4 is 17.6 Å². The molecule has 0 aliphatic heterocycles. The maximum absolute atomic E-state index is 11.9. The van der Waals surface area contributed by atoms with Gasteiger partial charge >= 0.3 is 5.97 Å². The molecule has 0 spiro atoms. The number of carboxylic acids is 1. The molecule has 1 aliphatic rings. The maximum atomic E-state index is 11.9. The topological polar surface area (TPSA) is 78.4 Å². The van der Waals surface area contributed by atoms with Gasteiger partial charge in [-0.15, -0.1) is 0 Å². The fourth-order valence-electron chi connectivity index (χ4n) is 2.53. The highest BCUT2D eigenvalue weighted by Gasteiger charge is 2.51. The number of anilines is 1. The molecular formula is C16H22N2O3. The summed E-state index contributed by atoms with van der Waals surface area (Å²) in [6.07, 6.45) is 1.79. The third-order valence-corrected chi connectivity index (χ3v) is 3.92. The van der Waals surface area contributed by atoms with E-state index in [4.69, 9.17) is 0 Å². The first kappa shape index (κ1) is 15.5. The van der Waals surface area contributed by atoms with Crippen LogP contribution in [0.3, 0.4) is 0 Å². The van der Waals surface area contributed by atoms with Gasteiger partial charge in [-0.05, 0) is 44.0 Å². The van der Waals surface area contributed by atoms with Gasteiger partial charge in [0.1, 0.15) is 0 Å². The highest BCUT2D eigenvalue weighted by atomic mass is 16.4. The Morgan fingerprint density at radius 3 is 2.38 bits per heavy atom. The molecule has 0 radical (unpaired) electrons. The summed E-state index contributed by atoms with van der Waals surface area (Å²) < 4.78 is 0. The molecule has 1 atom stereocenters. The van der Waals surface area contributed by atoms with Gasteiger partial charge in [0.05, 0.1) is 5.41 Å². The lowest BCUT2D eigenvalue weighted by atomic mass is 9.96. The van der Waals surface area contributed by atoms with Gasteiger partial charge in [-0.2, -0.15) is 0 Å². The Morgan fingerprint density at radius 2 is 1.90 bits per heavy atom. The molecule has 1 fully saturated rings. The molecule has 0 bridgehead atoms. The summed E-state index contributed by atoms with van der Waals surface area (Å²) in [5, 5.41) is 15.3. The Balaban J connectivity index is 1.94. The first-order chi connectivity index (χ1) is 9.98. The second-order valence-corrected chi connectivity index (χ2v) is 5.68. The molecule has 21 heavy (non-hydrogen) atoms. The Kier molecular flexibility index (Phi) is 4.63. The second kappa shape index (κ2) is 6.26. The van der Waals surface area contributed by atoms with Gasteiger partial charge in [-0.1, -0.05) is 19.1 Å². The van der Waals surface area contributed by atoms with Crippen molar-refractivity contribution in [3.8, 4) is 0 Å². The van der Waals surface area contributed by atoms with Crippen molar-refractivity contribution in [3.63, 3.8) is 0 Å². The quantitative estimate of drug-likeness (QED) is 0.719. The predicted molar refractivity (Wildman–Crippen MR) is 81.4 cm³/mol. The fourth-order valence-corrected chi connectivity index (χ4v) is 2.53. The average Bonchev–Trinajstić information content (AvgIpc) is 3.21. The minimum Gasteiger partial charge on any atom is -0.481 e. The summed E-state index contributed by atoms with van der Waals surface area (Å²) >= 11 is 0. The van der Waals surface area contributed by atoms with Gasteiger partial charge in [0, 0.05) is 18.2 Å². The molecule has 3 N–H and O–H groups in total. The van der Waals surface area contributed by atoms with E-state index in [-0.39, 0.29) is 11.9 Å². The second-order valence-electron chi connectivity index (χ2n) is 5.68. The van der Waals surface area contributed by atoms with Crippen LogP contribution in [0.4, 0.5) is 5.69 Å². The van der Waals surface area contributed by atoms with Gasteiger partial charge in [0.2, 0.25) is 5.91 Å². The van der Waals surface area contributed by atoms with E-state index < -0.39 is 11.4 Å². The van der Waals surface area contributed by atoms with Crippen LogP contribution in [0.15, 0.2) is 24.3 Å². The van der Waals surface area contributed by atoms with Crippen LogP contribution in [-0.2, 0) is 15.0 Å². The third kappa shape index (κ3) is 3.61. The minimum absolute atomic E-state index is 0.0458. The lowest BCUT2D eigenvalue weighted by Gasteiger charge is -2.13. The molecule has 1 aromatic carbocycles. The van der Waals surface area contributed by atoms with Crippen LogP contribution in [0, 0.1) is 0 Å². The molecule has 2 rings (SSSR count). The lowest BCUT2D eigenvalue weighted by molar-refractivity contribution is -0.140. The number of amides is 1. The van der Waals surface area contributed by atoms with E-state index in [2.05, 4.69) is 10.6 Å². The van der Waals surface area contributed by atoms with Crippen molar-refractivity contribution in [2.75, 3.05) is 11.9 Å². The Hall–Kier alpha value is -1.88. The van der Waals surface area contributed by atoms with Crippen LogP contribution in [-0.4, -0.2) is 29.6 Å². The van der Waals surface area contributed by atoms with Crippen molar-refractivity contribution in [2.45, 2.75) is 44.6 Å². The van der Waals surface area contributed by atoms with Gasteiger partial charge in [0.15, 0.2) is 0 Å². The molecular weight excluding hydrogens is 268 g/mol. The van der Waals surface area contributed by atoms with Crippen molar-refractivity contribution < 1.29 is 14.7 Å². The standard InChI is InChI=1S/C16H22N2O3/c1-3-17-11(2)10-14(19)18-13-6-4-12(5-7-13)16(8-9-16)15(20)21/h4-7,11,17H,3,8-10H2,1-2H3,(H,18,19)(H,20,21). The zero-order valence-corrected chi connectivity index (χ0v) is 12.5. The van der Waals surface area contributed by atoms with E-state index in [1.807, 2.05) is 13.8 Å². The molecule has 1 unspecified atom stereocenters. The Bertz CT molecular complexity index is 521. The van der Waals surface area contributed by atoms with Gasteiger partial charge in [-0.25, -0.2) is 0 Å². The van der Waals surface area contributed by atoms with Crippen LogP contribution >= 0.6 is 0 Å². The molecule has 1 aliphatic carbocycles. The zero-order chi connectivity index (χ0) is 15.5. The van der Waals surface area contributed by atoms with E-state index in [0.29, 0.717) is 24.9 Å². The average molecular weight is 290 g/mol. The van der Waals surface area contributed by atoms with Crippen LogP contribution in [0.1, 0.15) is 38.7 Å². The number of aliphatic carboxylic acids is 1. The SMILES string of the molecule is CCNC(C)CC(=O)Nc1ccc(C2(C(=O)O)CC2)cc1. The molecule has 5 nitrogen and oxygen atoms in total. The van der Waals surface area contributed by atoms with E-state index >= 15 is 0 Å². The fraction of sp³-hybridized carbons (Fsp3) is 0.500. The normalized spacial score (nSPS) is 17.0. The van der Waals surface area contributed by atoms with Gasteiger partial charge < -0.3 is 15.7 Å². The summed E-state index contributed by atoms with van der Waals surface area (Å²) in [5.41, 5.74) is 0.824. The molecule has 5 heteroatoms. The predicted octanol–water partition coefficient (Wildman–Crippen LogP) is 2.13. The summed E-state index contributed by atoms with van der Waals surface area (Å²) in [6.45, 7) is 4.81. The zero-order valence-electron chi connectivity index (χ0n) is 12.5. The highest BCUT2D eigenvalue weighted by molar-refractivity contribution is 5.91. The number of carbonyl (C=O) groups excluding carboxylic acids is 1. The Labute approximate surface area is 124 Å². The molecule has 0 saturated heterocycles. The smallest absolute Gasteiger partial charge is 0.314 e. The van der Waals surface area contributed by atoms with E-state index in [1.54, 1.807) is 24.3 Å². The minimum atomic E-state index is -0.765. The highest BCUT2D eigenvalue weighted by Crippen LogP contribution is 2.48. The van der Waals surface area contributed by atoms with Crippen molar-refractivity contribution in [3.05, 3.63) is 29.8 Å². The summed E-state index contributed by atoms with van der Waals surface area (Å²) in [5.74, 6) is -0.811. The summed E-state index contributed by atoms with van der Waals surface area (Å²) in [6, 6.07) is 7.27. The number of nitrogens with one attached hydrogen (secondary N) is 2. The molecule has 1 saturated carbocycles. The van der Waals surface area contributed by atoms with Crippen molar-refractivity contribution in [2.24, 2.45) is 0 Å². The molecule has 1 amide bonds. The van der Waals surface area contributed by atoms with Gasteiger partial charge in [-0.3, -0.25) is 9.59 Å². The van der Waals surface area contributed by atoms with Gasteiger partial charge in [0.25, 0.3) is 0 Å². The molecule has 1 aromatic rings. The third-order valence-electron chi connectivity index (χ3n) is 3.92. The number of carboxylic acid groups (broad SMARTS) is 1. The largest absolute Gasteiger partial charge is 0.481 e. The molecule has 114 valence electrons. The summed E-state index contributed by atoms with van der Waals surface area (Å²) in [4.78, 5) is 23.1. The Morgan fingerprint density at radius 1 is 1.29 bits per heavy atom. The van der Waals surface area contributed by atoms with Crippen molar-refractivity contribution in [1.29, 1.82) is 0 Å². The number of carbonyl (C=O) groups is 2. The number of hydrogen-bond donors (Lipinski definition) is 3. The van der Waals surface area contributed by atoms with Crippen LogP contribution < -0.4 is 10.6 Å². The van der Waals surface area contributed by atoms with Crippen LogP contribution in [0.5, 0.6) is 0 Å². The lowest BCUT2D eigenvalue weighted by Crippen LogP contribution is -2.30. The van der Waals surface area contributed by atoms with Crippen LogP contribution in [0.25, 0.3) is 0 Å². The first-order valence-electron chi connectivity index (χ1n) is 7.35. The monoisotopic (exact) mass is 290 g/mol. The van der Waals surface area contributed by atoms with E-state index in [9.17, 15) is 14.7 Å². The maximum Gasteiger partial charge on any atom is 0.314 e. The van der Waals surface area contributed by atoms with Crippen LogP contribution in [0.2, 0.25) is 0 Å². The molecule has 0 aromatic heterocycles. The van der Waals surface area contributed by atoms with E-state index in [0.717, 1.165) is 12.1 Å².